The van der Waals surface area contributed by atoms with Crippen molar-refractivity contribution in [1.29, 1.82) is 0 Å². The van der Waals surface area contributed by atoms with Crippen LogP contribution in [0.2, 0.25) is 0 Å². The fourth-order valence-corrected chi connectivity index (χ4v) is 3.40. The highest BCUT2D eigenvalue weighted by molar-refractivity contribution is 5.91. The van der Waals surface area contributed by atoms with E-state index >= 15 is 0 Å². The Morgan fingerprint density at radius 3 is 2.35 bits per heavy atom. The molecule has 0 aliphatic carbocycles. The quantitative estimate of drug-likeness (QED) is 0.510. The van der Waals surface area contributed by atoms with Crippen LogP contribution < -0.4 is 14.8 Å². The van der Waals surface area contributed by atoms with Crippen molar-refractivity contribution in [3.05, 3.63) is 47.9 Å². The van der Waals surface area contributed by atoms with Crippen LogP contribution in [0.5, 0.6) is 11.5 Å². The first kappa shape index (κ1) is 22.5. The molecule has 1 fully saturated rings. The van der Waals surface area contributed by atoms with Crippen LogP contribution in [0.1, 0.15) is 29.1 Å². The number of piperazine rings is 1. The number of rotatable bonds is 7. The van der Waals surface area contributed by atoms with Crippen molar-refractivity contribution in [3.8, 4) is 11.5 Å². The number of furan rings is 1. The lowest BCUT2D eigenvalue weighted by Crippen LogP contribution is -2.53. The van der Waals surface area contributed by atoms with Crippen molar-refractivity contribution in [2.45, 2.75) is 13.0 Å². The Morgan fingerprint density at radius 2 is 1.81 bits per heavy atom. The number of aliphatic hydroxyl groups excluding tert-OH is 1. The van der Waals surface area contributed by atoms with Gasteiger partial charge in [0.05, 0.1) is 33.1 Å². The lowest BCUT2D eigenvalue weighted by atomic mass is 10.1. The molecule has 0 bridgehead atoms. The van der Waals surface area contributed by atoms with Crippen LogP contribution in [0.3, 0.4) is 0 Å². The number of amides is 1. The van der Waals surface area contributed by atoms with E-state index in [0.29, 0.717) is 61.5 Å². The summed E-state index contributed by atoms with van der Waals surface area (Å²) in [7, 11) is 3.14. The van der Waals surface area contributed by atoms with Crippen molar-refractivity contribution in [2.75, 3.05) is 53.5 Å². The number of guanidine groups is 1. The highest BCUT2D eigenvalue weighted by atomic mass is 16.5. The second kappa shape index (κ2) is 10.7. The molecule has 1 saturated heterocycles. The molecule has 1 aromatic heterocycles. The first-order valence-electron chi connectivity index (χ1n) is 10.3. The van der Waals surface area contributed by atoms with E-state index in [2.05, 4.69) is 15.2 Å². The van der Waals surface area contributed by atoms with Crippen LogP contribution >= 0.6 is 0 Å². The van der Waals surface area contributed by atoms with Gasteiger partial charge in [0.15, 0.2) is 11.7 Å². The molecule has 1 aliphatic rings. The normalized spacial score (nSPS) is 15.5. The van der Waals surface area contributed by atoms with E-state index in [4.69, 9.17) is 13.9 Å². The highest BCUT2D eigenvalue weighted by Gasteiger charge is 2.25. The SMILES string of the molecule is CCNC(=NCC(O)c1cc(OC)cc(OC)c1)N1CCN(C(=O)c2ccco2)CC1. The van der Waals surface area contributed by atoms with Crippen molar-refractivity contribution in [2.24, 2.45) is 4.99 Å². The van der Waals surface area contributed by atoms with Gasteiger partial charge >= 0.3 is 0 Å². The van der Waals surface area contributed by atoms with Crippen LogP contribution in [0.25, 0.3) is 0 Å². The zero-order valence-electron chi connectivity index (χ0n) is 18.2. The minimum Gasteiger partial charge on any atom is -0.497 e. The molecular weight excluding hydrogens is 400 g/mol. The predicted molar refractivity (Wildman–Crippen MR) is 117 cm³/mol. The Bertz CT molecular complexity index is 854. The summed E-state index contributed by atoms with van der Waals surface area (Å²) in [6, 6.07) is 8.69. The first-order valence-corrected chi connectivity index (χ1v) is 10.3. The molecule has 2 heterocycles. The van der Waals surface area contributed by atoms with Crippen molar-refractivity contribution >= 4 is 11.9 Å². The maximum atomic E-state index is 12.5. The van der Waals surface area contributed by atoms with Gasteiger partial charge in [-0.1, -0.05) is 0 Å². The number of aliphatic hydroxyl groups is 1. The number of carbonyl (C=O) groups excluding carboxylic acids is 1. The minimum atomic E-state index is -0.806. The van der Waals surface area contributed by atoms with Gasteiger partial charge in [0, 0.05) is 38.8 Å². The van der Waals surface area contributed by atoms with Gasteiger partial charge in [0.1, 0.15) is 11.5 Å². The molecular formula is C22H30N4O5. The second-order valence-corrected chi connectivity index (χ2v) is 7.11. The number of benzene rings is 1. The lowest BCUT2D eigenvalue weighted by Gasteiger charge is -2.36. The lowest BCUT2D eigenvalue weighted by molar-refractivity contribution is 0.0657. The van der Waals surface area contributed by atoms with Gasteiger partial charge in [0.25, 0.3) is 5.91 Å². The van der Waals surface area contributed by atoms with E-state index in [1.165, 1.54) is 6.26 Å². The molecule has 3 rings (SSSR count). The number of carbonyl (C=O) groups is 1. The average molecular weight is 431 g/mol. The Labute approximate surface area is 182 Å². The summed E-state index contributed by atoms with van der Waals surface area (Å²) >= 11 is 0. The van der Waals surface area contributed by atoms with Crippen molar-refractivity contribution in [1.82, 2.24) is 15.1 Å². The number of nitrogens with one attached hydrogen (secondary N) is 1. The molecule has 1 unspecified atom stereocenters. The smallest absolute Gasteiger partial charge is 0.289 e. The van der Waals surface area contributed by atoms with E-state index in [-0.39, 0.29) is 12.5 Å². The summed E-state index contributed by atoms with van der Waals surface area (Å²) in [5, 5.41) is 13.9. The fourth-order valence-electron chi connectivity index (χ4n) is 3.40. The number of aliphatic imine (C=N–C) groups is 1. The maximum absolute atomic E-state index is 12.5. The van der Waals surface area contributed by atoms with E-state index < -0.39 is 6.10 Å². The molecule has 0 saturated carbocycles. The van der Waals surface area contributed by atoms with E-state index in [0.717, 1.165) is 0 Å². The third-order valence-electron chi connectivity index (χ3n) is 5.11. The van der Waals surface area contributed by atoms with Gasteiger partial charge in [-0.25, -0.2) is 0 Å². The Morgan fingerprint density at radius 1 is 1.16 bits per heavy atom. The van der Waals surface area contributed by atoms with Gasteiger partial charge in [-0.15, -0.1) is 0 Å². The molecule has 31 heavy (non-hydrogen) atoms. The molecule has 1 atom stereocenters. The molecule has 9 nitrogen and oxygen atoms in total. The van der Waals surface area contributed by atoms with E-state index in [9.17, 15) is 9.90 Å². The summed E-state index contributed by atoms with van der Waals surface area (Å²) in [5.41, 5.74) is 0.671. The van der Waals surface area contributed by atoms with Crippen LogP contribution in [-0.4, -0.2) is 80.3 Å². The van der Waals surface area contributed by atoms with Gasteiger partial charge in [-0.3, -0.25) is 9.79 Å². The predicted octanol–water partition coefficient (Wildman–Crippen LogP) is 1.75. The Kier molecular flexibility index (Phi) is 7.77. The van der Waals surface area contributed by atoms with Crippen LogP contribution in [0.15, 0.2) is 46.0 Å². The summed E-state index contributed by atoms with van der Waals surface area (Å²) in [6.45, 7) is 5.30. The molecule has 168 valence electrons. The molecule has 2 N–H and O–H groups in total. The number of ether oxygens (including phenoxy) is 2. The summed E-state index contributed by atoms with van der Waals surface area (Å²) in [6.07, 6.45) is 0.697. The molecule has 1 aromatic carbocycles. The maximum Gasteiger partial charge on any atom is 0.289 e. The standard InChI is InChI=1S/C22H30N4O5/c1-4-23-22(24-15-19(27)16-12-17(29-2)14-18(13-16)30-3)26-9-7-25(8-10-26)21(28)20-6-5-11-31-20/h5-6,11-14,19,27H,4,7-10,15H2,1-3H3,(H,23,24). The molecule has 0 spiro atoms. The average Bonchev–Trinajstić information content (AvgIpc) is 3.35. The Hall–Kier alpha value is -3.20. The number of hydrogen-bond acceptors (Lipinski definition) is 6. The van der Waals surface area contributed by atoms with Crippen LogP contribution in [0.4, 0.5) is 0 Å². The number of hydrogen-bond donors (Lipinski definition) is 2. The topological polar surface area (TPSA) is 99.8 Å². The minimum absolute atomic E-state index is 0.103. The third kappa shape index (κ3) is 5.69. The second-order valence-electron chi connectivity index (χ2n) is 7.11. The van der Waals surface area contributed by atoms with E-state index in [1.807, 2.05) is 6.92 Å². The largest absolute Gasteiger partial charge is 0.497 e. The van der Waals surface area contributed by atoms with E-state index in [1.54, 1.807) is 49.5 Å². The van der Waals surface area contributed by atoms with Gasteiger partial charge in [0.2, 0.25) is 0 Å². The highest BCUT2D eigenvalue weighted by Crippen LogP contribution is 2.26. The summed E-state index contributed by atoms with van der Waals surface area (Å²) in [4.78, 5) is 20.9. The van der Waals surface area contributed by atoms with Gasteiger partial charge in [-0.05, 0) is 36.8 Å². The monoisotopic (exact) mass is 430 g/mol. The summed E-state index contributed by atoms with van der Waals surface area (Å²) in [5.74, 6) is 2.18. The third-order valence-corrected chi connectivity index (χ3v) is 5.11. The van der Waals surface area contributed by atoms with Gasteiger partial charge in [-0.2, -0.15) is 0 Å². The van der Waals surface area contributed by atoms with Gasteiger partial charge < -0.3 is 34.1 Å². The Balaban J connectivity index is 1.63. The molecule has 1 amide bonds. The van der Waals surface area contributed by atoms with Crippen LogP contribution in [0, 0.1) is 0 Å². The number of nitrogens with zero attached hydrogens (tertiary/aromatic N) is 3. The van der Waals surface area contributed by atoms with Crippen molar-refractivity contribution in [3.63, 3.8) is 0 Å². The first-order chi connectivity index (χ1) is 15.0. The molecule has 1 aliphatic heterocycles. The molecule has 2 aromatic rings. The zero-order valence-corrected chi connectivity index (χ0v) is 18.2. The summed E-state index contributed by atoms with van der Waals surface area (Å²) < 4.78 is 15.8. The van der Waals surface area contributed by atoms with Crippen LogP contribution in [-0.2, 0) is 0 Å². The van der Waals surface area contributed by atoms with Crippen molar-refractivity contribution < 1.29 is 23.8 Å². The number of methoxy groups -OCH3 is 2. The molecule has 9 heteroatoms. The zero-order chi connectivity index (χ0) is 22.2. The molecule has 0 radical (unpaired) electrons. The fraction of sp³-hybridized carbons (Fsp3) is 0.455.